The SMILES string of the molecule is O=C1CSC[C@@H]2c3ccccc3CCN12. The van der Waals surface area contributed by atoms with E-state index in [0.717, 1.165) is 18.7 Å². The molecule has 78 valence electrons. The topological polar surface area (TPSA) is 20.3 Å². The Morgan fingerprint density at radius 3 is 3.13 bits per heavy atom. The Hall–Kier alpha value is -0.960. The van der Waals surface area contributed by atoms with Gasteiger partial charge in [-0.15, -0.1) is 11.8 Å². The van der Waals surface area contributed by atoms with Crippen molar-refractivity contribution in [2.24, 2.45) is 0 Å². The van der Waals surface area contributed by atoms with Crippen molar-refractivity contribution in [2.45, 2.75) is 12.5 Å². The average molecular weight is 219 g/mol. The monoisotopic (exact) mass is 219 g/mol. The third-order valence-electron chi connectivity index (χ3n) is 3.23. The molecule has 0 bridgehead atoms. The molecule has 0 aliphatic carbocycles. The minimum atomic E-state index is 0.311. The van der Waals surface area contributed by atoms with Gasteiger partial charge in [0.1, 0.15) is 0 Å². The van der Waals surface area contributed by atoms with Crippen LogP contribution in [0.5, 0.6) is 0 Å². The highest BCUT2D eigenvalue weighted by atomic mass is 32.2. The number of carbonyl (C=O) groups is 1. The maximum absolute atomic E-state index is 11.7. The molecule has 3 rings (SSSR count). The van der Waals surface area contributed by atoms with Crippen molar-refractivity contribution >= 4 is 17.7 Å². The largest absolute Gasteiger partial charge is 0.334 e. The summed E-state index contributed by atoms with van der Waals surface area (Å²) >= 11 is 1.76. The van der Waals surface area contributed by atoms with E-state index in [0.29, 0.717) is 17.7 Å². The lowest BCUT2D eigenvalue weighted by atomic mass is 9.93. The van der Waals surface area contributed by atoms with Gasteiger partial charge in [-0.3, -0.25) is 4.79 Å². The molecule has 2 heterocycles. The van der Waals surface area contributed by atoms with Crippen LogP contribution in [0.2, 0.25) is 0 Å². The smallest absolute Gasteiger partial charge is 0.233 e. The molecule has 2 nitrogen and oxygen atoms in total. The molecule has 1 aromatic rings. The summed E-state index contributed by atoms with van der Waals surface area (Å²) in [4.78, 5) is 13.8. The van der Waals surface area contributed by atoms with Crippen molar-refractivity contribution in [2.75, 3.05) is 18.1 Å². The summed E-state index contributed by atoms with van der Waals surface area (Å²) in [5, 5.41) is 0. The summed E-state index contributed by atoms with van der Waals surface area (Å²) in [5.41, 5.74) is 2.79. The third kappa shape index (κ3) is 1.46. The van der Waals surface area contributed by atoms with E-state index in [-0.39, 0.29) is 0 Å². The van der Waals surface area contributed by atoms with Crippen LogP contribution in [-0.2, 0) is 11.2 Å². The number of hydrogen-bond acceptors (Lipinski definition) is 2. The van der Waals surface area contributed by atoms with Gasteiger partial charge in [0.2, 0.25) is 5.91 Å². The molecule has 0 spiro atoms. The molecule has 1 fully saturated rings. The van der Waals surface area contributed by atoms with Gasteiger partial charge in [-0.1, -0.05) is 24.3 Å². The molecule has 0 radical (unpaired) electrons. The number of fused-ring (bicyclic) bond motifs is 3. The molecular formula is C12H13NOS. The quantitative estimate of drug-likeness (QED) is 0.664. The molecule has 1 atom stereocenters. The van der Waals surface area contributed by atoms with Crippen molar-refractivity contribution < 1.29 is 4.79 Å². The Kier molecular flexibility index (Phi) is 2.20. The predicted molar refractivity (Wildman–Crippen MR) is 61.9 cm³/mol. The fourth-order valence-electron chi connectivity index (χ4n) is 2.47. The number of benzene rings is 1. The fourth-order valence-corrected chi connectivity index (χ4v) is 3.51. The van der Waals surface area contributed by atoms with Crippen molar-refractivity contribution in [1.82, 2.24) is 4.90 Å². The van der Waals surface area contributed by atoms with Crippen LogP contribution in [0.15, 0.2) is 24.3 Å². The highest BCUT2D eigenvalue weighted by Gasteiger charge is 2.33. The number of amides is 1. The Balaban J connectivity index is 2.02. The van der Waals surface area contributed by atoms with E-state index < -0.39 is 0 Å². The molecule has 1 saturated heterocycles. The number of thioether (sulfide) groups is 1. The number of nitrogens with zero attached hydrogens (tertiary/aromatic N) is 1. The molecule has 2 aliphatic heterocycles. The standard InChI is InChI=1S/C12H13NOS/c14-12-8-15-7-11-10-4-2-1-3-9(10)5-6-13(11)12/h1-4,11H,5-8H2/t11-/m1/s1. The molecular weight excluding hydrogens is 206 g/mol. The first-order valence-corrected chi connectivity index (χ1v) is 6.47. The van der Waals surface area contributed by atoms with Crippen molar-refractivity contribution in [1.29, 1.82) is 0 Å². The average Bonchev–Trinajstić information content (AvgIpc) is 2.29. The van der Waals surface area contributed by atoms with Gasteiger partial charge in [-0.2, -0.15) is 0 Å². The van der Waals surface area contributed by atoms with Gasteiger partial charge in [0.25, 0.3) is 0 Å². The lowest BCUT2D eigenvalue weighted by Gasteiger charge is -2.40. The summed E-state index contributed by atoms with van der Waals surface area (Å²) < 4.78 is 0. The molecule has 1 amide bonds. The Morgan fingerprint density at radius 2 is 2.20 bits per heavy atom. The van der Waals surface area contributed by atoms with Crippen molar-refractivity contribution in [3.8, 4) is 0 Å². The van der Waals surface area contributed by atoms with E-state index in [4.69, 9.17) is 0 Å². The van der Waals surface area contributed by atoms with Crippen LogP contribution in [0.3, 0.4) is 0 Å². The van der Waals surface area contributed by atoms with Gasteiger partial charge in [-0.25, -0.2) is 0 Å². The number of rotatable bonds is 0. The molecule has 0 unspecified atom stereocenters. The van der Waals surface area contributed by atoms with E-state index in [2.05, 4.69) is 29.2 Å². The van der Waals surface area contributed by atoms with Crippen molar-refractivity contribution in [3.05, 3.63) is 35.4 Å². The zero-order valence-corrected chi connectivity index (χ0v) is 9.30. The van der Waals surface area contributed by atoms with E-state index in [1.807, 2.05) is 0 Å². The van der Waals surface area contributed by atoms with Crippen LogP contribution in [0, 0.1) is 0 Å². The van der Waals surface area contributed by atoms with Gasteiger partial charge in [0, 0.05) is 12.3 Å². The first-order chi connectivity index (χ1) is 7.36. The summed E-state index contributed by atoms with van der Waals surface area (Å²) in [6, 6.07) is 8.86. The maximum atomic E-state index is 11.7. The highest BCUT2D eigenvalue weighted by Crippen LogP contribution is 2.35. The van der Waals surface area contributed by atoms with Crippen molar-refractivity contribution in [3.63, 3.8) is 0 Å². The van der Waals surface area contributed by atoms with Crippen LogP contribution in [-0.4, -0.2) is 28.9 Å². The summed E-state index contributed by atoms with van der Waals surface area (Å²) in [6.07, 6.45) is 1.02. The van der Waals surface area contributed by atoms with E-state index in [1.54, 1.807) is 11.8 Å². The van der Waals surface area contributed by atoms with Gasteiger partial charge < -0.3 is 4.90 Å². The first kappa shape index (κ1) is 9.28. The molecule has 0 N–H and O–H groups in total. The highest BCUT2D eigenvalue weighted by molar-refractivity contribution is 8.00. The zero-order chi connectivity index (χ0) is 10.3. The Labute approximate surface area is 93.7 Å². The molecule has 15 heavy (non-hydrogen) atoms. The van der Waals surface area contributed by atoms with Crippen LogP contribution < -0.4 is 0 Å². The van der Waals surface area contributed by atoms with Crippen LogP contribution in [0.25, 0.3) is 0 Å². The summed E-state index contributed by atoms with van der Waals surface area (Å²) in [5.74, 6) is 2.03. The summed E-state index contributed by atoms with van der Waals surface area (Å²) in [6.45, 7) is 0.904. The molecule has 1 aromatic carbocycles. The lowest BCUT2D eigenvalue weighted by Crippen LogP contribution is -2.44. The molecule has 0 aromatic heterocycles. The second kappa shape index (κ2) is 3.56. The van der Waals surface area contributed by atoms with Gasteiger partial charge in [0.15, 0.2) is 0 Å². The number of hydrogen-bond donors (Lipinski definition) is 0. The molecule has 3 heteroatoms. The number of carbonyl (C=O) groups excluding carboxylic acids is 1. The third-order valence-corrected chi connectivity index (χ3v) is 4.24. The van der Waals surface area contributed by atoms with Gasteiger partial charge in [-0.05, 0) is 17.5 Å². The van der Waals surface area contributed by atoms with Crippen LogP contribution in [0.1, 0.15) is 17.2 Å². The minimum absolute atomic E-state index is 0.311. The maximum Gasteiger partial charge on any atom is 0.233 e. The van der Waals surface area contributed by atoms with Gasteiger partial charge >= 0.3 is 0 Å². The van der Waals surface area contributed by atoms with E-state index >= 15 is 0 Å². The second-order valence-corrected chi connectivity index (χ2v) is 5.10. The molecule has 0 saturated carbocycles. The lowest BCUT2D eigenvalue weighted by molar-refractivity contribution is -0.131. The van der Waals surface area contributed by atoms with Crippen LogP contribution >= 0.6 is 11.8 Å². The van der Waals surface area contributed by atoms with E-state index in [9.17, 15) is 4.79 Å². The van der Waals surface area contributed by atoms with E-state index in [1.165, 1.54) is 11.1 Å². The zero-order valence-electron chi connectivity index (χ0n) is 8.48. The normalized spacial score (nSPS) is 24.7. The van der Waals surface area contributed by atoms with Crippen LogP contribution in [0.4, 0.5) is 0 Å². The summed E-state index contributed by atoms with van der Waals surface area (Å²) in [7, 11) is 0. The first-order valence-electron chi connectivity index (χ1n) is 5.31. The minimum Gasteiger partial charge on any atom is -0.334 e. The Bertz CT molecular complexity index is 404. The Morgan fingerprint density at radius 1 is 1.33 bits per heavy atom. The molecule has 2 aliphatic rings. The second-order valence-electron chi connectivity index (χ2n) is 4.07. The fraction of sp³-hybridized carbons (Fsp3) is 0.417. The van der Waals surface area contributed by atoms with Gasteiger partial charge in [0.05, 0.1) is 11.8 Å². The predicted octanol–water partition coefficient (Wildman–Crippen LogP) is 1.86.